The van der Waals surface area contributed by atoms with Crippen LogP contribution in [0.15, 0.2) is 0 Å². The molecule has 0 saturated heterocycles. The molecule has 1 heterocycles. The van der Waals surface area contributed by atoms with Gasteiger partial charge in [-0.15, -0.1) is 0 Å². The smallest absolute Gasteiger partial charge is 0.323 e. The van der Waals surface area contributed by atoms with Gasteiger partial charge >= 0.3 is 6.01 Å². The molecule has 3 N–H and O–H groups in total. The van der Waals surface area contributed by atoms with Crippen molar-refractivity contribution in [1.82, 2.24) is 15.0 Å². The molecule has 0 saturated carbocycles. The Kier molecular flexibility index (Phi) is 5.10. The van der Waals surface area contributed by atoms with E-state index >= 15 is 0 Å². The Bertz CT molecular complexity index is 419. The van der Waals surface area contributed by atoms with Crippen LogP contribution < -0.4 is 15.4 Å². The highest BCUT2D eigenvalue weighted by Crippen LogP contribution is 2.25. The van der Waals surface area contributed by atoms with Gasteiger partial charge in [0.1, 0.15) is 0 Å². The molecule has 0 spiro atoms. The molecule has 20 heavy (non-hydrogen) atoms. The average Bonchev–Trinajstić information content (AvgIpc) is 2.27. The lowest BCUT2D eigenvalue weighted by molar-refractivity contribution is 0.0236. The largest absolute Gasteiger partial charge is 0.464 e. The Balaban J connectivity index is 3.04. The number of hydrogen-bond acceptors (Lipinski definition) is 7. The second-order valence-corrected chi connectivity index (χ2v) is 5.54. The molecule has 0 aliphatic heterocycles. The first kappa shape index (κ1) is 16.4. The predicted molar refractivity (Wildman–Crippen MR) is 79.2 cm³/mol. The quantitative estimate of drug-likeness (QED) is 0.701. The zero-order chi connectivity index (χ0) is 15.4. The van der Waals surface area contributed by atoms with Crippen LogP contribution in [-0.4, -0.2) is 44.4 Å². The maximum Gasteiger partial charge on any atom is 0.323 e. The van der Waals surface area contributed by atoms with E-state index in [9.17, 15) is 5.11 Å². The summed E-state index contributed by atoms with van der Waals surface area (Å²) in [6, 6.07) is 0.257. The van der Waals surface area contributed by atoms with Gasteiger partial charge in [0.05, 0.1) is 17.7 Å². The highest BCUT2D eigenvalue weighted by Gasteiger charge is 2.35. The van der Waals surface area contributed by atoms with Gasteiger partial charge in [-0.25, -0.2) is 0 Å². The number of ether oxygens (including phenoxy) is 1. The minimum Gasteiger partial charge on any atom is -0.464 e. The second-order valence-electron chi connectivity index (χ2n) is 5.54. The molecule has 0 aliphatic carbocycles. The lowest BCUT2D eigenvalue weighted by Gasteiger charge is -2.37. The molecule has 0 amide bonds. The van der Waals surface area contributed by atoms with E-state index in [0.717, 1.165) is 0 Å². The molecule has 1 aromatic heterocycles. The van der Waals surface area contributed by atoms with Gasteiger partial charge in [0, 0.05) is 6.54 Å². The van der Waals surface area contributed by atoms with Crippen LogP contribution in [0.5, 0.6) is 6.01 Å². The van der Waals surface area contributed by atoms with Crippen LogP contribution in [-0.2, 0) is 0 Å². The van der Waals surface area contributed by atoms with E-state index in [1.165, 1.54) is 0 Å². The summed E-state index contributed by atoms with van der Waals surface area (Å²) >= 11 is 0. The van der Waals surface area contributed by atoms with Gasteiger partial charge in [0.2, 0.25) is 11.9 Å². The SMILES string of the molecule is CCNc1nc(NC(C)(C)C(C)(C)O)nc(OCC)n1. The molecule has 0 atom stereocenters. The second kappa shape index (κ2) is 6.21. The van der Waals surface area contributed by atoms with Gasteiger partial charge in [-0.3, -0.25) is 0 Å². The maximum atomic E-state index is 10.2. The van der Waals surface area contributed by atoms with Crippen molar-refractivity contribution in [1.29, 1.82) is 0 Å². The van der Waals surface area contributed by atoms with Crippen molar-refractivity contribution in [2.24, 2.45) is 0 Å². The number of anilines is 2. The third-order valence-corrected chi connectivity index (χ3v) is 3.18. The van der Waals surface area contributed by atoms with Crippen molar-refractivity contribution < 1.29 is 9.84 Å². The fourth-order valence-corrected chi connectivity index (χ4v) is 1.28. The number of nitrogens with zero attached hydrogens (tertiary/aromatic N) is 3. The van der Waals surface area contributed by atoms with Crippen molar-refractivity contribution in [2.75, 3.05) is 23.8 Å². The number of nitrogens with one attached hydrogen (secondary N) is 2. The van der Waals surface area contributed by atoms with Crippen LogP contribution >= 0.6 is 0 Å². The van der Waals surface area contributed by atoms with Crippen LogP contribution in [0.1, 0.15) is 41.5 Å². The molecule has 114 valence electrons. The molecule has 7 nitrogen and oxygen atoms in total. The first-order valence-electron chi connectivity index (χ1n) is 6.83. The van der Waals surface area contributed by atoms with Crippen molar-refractivity contribution in [3.8, 4) is 6.01 Å². The van der Waals surface area contributed by atoms with Crippen LogP contribution in [0.4, 0.5) is 11.9 Å². The van der Waals surface area contributed by atoms with Crippen molar-refractivity contribution >= 4 is 11.9 Å². The van der Waals surface area contributed by atoms with Crippen molar-refractivity contribution in [2.45, 2.75) is 52.7 Å². The van der Waals surface area contributed by atoms with Gasteiger partial charge in [0.25, 0.3) is 0 Å². The van der Waals surface area contributed by atoms with Gasteiger partial charge < -0.3 is 20.5 Å². The molecule has 0 radical (unpaired) electrons. The predicted octanol–water partition coefficient (Wildman–Crippen LogP) is 1.66. The third kappa shape index (κ3) is 4.19. The monoisotopic (exact) mass is 283 g/mol. The van der Waals surface area contributed by atoms with E-state index in [2.05, 4.69) is 25.6 Å². The molecule has 0 aliphatic rings. The van der Waals surface area contributed by atoms with Crippen molar-refractivity contribution in [3.05, 3.63) is 0 Å². The molecule has 0 fully saturated rings. The van der Waals surface area contributed by atoms with Crippen LogP contribution in [0, 0.1) is 0 Å². The summed E-state index contributed by atoms with van der Waals surface area (Å²) in [5, 5.41) is 16.3. The lowest BCUT2D eigenvalue weighted by Crippen LogP contribution is -2.51. The Morgan fingerprint density at radius 2 is 1.65 bits per heavy atom. The van der Waals surface area contributed by atoms with E-state index < -0.39 is 11.1 Å². The van der Waals surface area contributed by atoms with Crippen LogP contribution in [0.2, 0.25) is 0 Å². The normalized spacial score (nSPS) is 12.2. The van der Waals surface area contributed by atoms with Gasteiger partial charge in [-0.2, -0.15) is 15.0 Å². The topological polar surface area (TPSA) is 92.2 Å². The summed E-state index contributed by atoms with van der Waals surface area (Å²) in [6.45, 7) is 12.2. The summed E-state index contributed by atoms with van der Waals surface area (Å²) < 4.78 is 5.33. The molecule has 0 unspecified atom stereocenters. The van der Waals surface area contributed by atoms with Gasteiger partial charge in [0.15, 0.2) is 0 Å². The summed E-state index contributed by atoms with van der Waals surface area (Å²) in [5.74, 6) is 0.812. The molecule has 0 aromatic carbocycles. The third-order valence-electron chi connectivity index (χ3n) is 3.18. The first-order chi connectivity index (χ1) is 9.19. The van der Waals surface area contributed by atoms with Crippen molar-refractivity contribution in [3.63, 3.8) is 0 Å². The Hall–Kier alpha value is -1.63. The van der Waals surface area contributed by atoms with Gasteiger partial charge in [-0.05, 0) is 41.5 Å². The summed E-state index contributed by atoms with van der Waals surface area (Å²) in [4.78, 5) is 12.6. The Morgan fingerprint density at radius 1 is 1.05 bits per heavy atom. The molecule has 1 aromatic rings. The van der Waals surface area contributed by atoms with Gasteiger partial charge in [-0.1, -0.05) is 0 Å². The number of aliphatic hydroxyl groups is 1. The summed E-state index contributed by atoms with van der Waals surface area (Å²) in [6.07, 6.45) is 0. The molecule has 0 bridgehead atoms. The van der Waals surface area contributed by atoms with Crippen LogP contribution in [0.3, 0.4) is 0 Å². The molecule has 1 rings (SSSR count). The lowest BCUT2D eigenvalue weighted by atomic mass is 9.86. The highest BCUT2D eigenvalue weighted by molar-refractivity contribution is 5.38. The summed E-state index contributed by atoms with van der Waals surface area (Å²) in [7, 11) is 0. The Labute approximate surface area is 120 Å². The first-order valence-corrected chi connectivity index (χ1v) is 6.83. The van der Waals surface area contributed by atoms with Crippen LogP contribution in [0.25, 0.3) is 0 Å². The molecular weight excluding hydrogens is 258 g/mol. The van der Waals surface area contributed by atoms with E-state index in [4.69, 9.17) is 4.74 Å². The standard InChI is InChI=1S/C13H25N5O2/c1-7-14-9-15-10(17-11(16-9)20-8-2)18-12(3,4)13(5,6)19/h19H,7-8H2,1-6H3,(H2,14,15,16,17,18). The molecule has 7 heteroatoms. The van der Waals surface area contributed by atoms with E-state index in [1.807, 2.05) is 27.7 Å². The average molecular weight is 283 g/mol. The fraction of sp³-hybridized carbons (Fsp3) is 0.769. The minimum atomic E-state index is -0.941. The molecular formula is C13H25N5O2. The summed E-state index contributed by atoms with van der Waals surface area (Å²) in [5.41, 5.74) is -1.55. The fourth-order valence-electron chi connectivity index (χ4n) is 1.28. The Morgan fingerprint density at radius 3 is 2.15 bits per heavy atom. The highest BCUT2D eigenvalue weighted by atomic mass is 16.5. The maximum absolute atomic E-state index is 10.2. The zero-order valence-electron chi connectivity index (χ0n) is 13.1. The zero-order valence-corrected chi connectivity index (χ0v) is 13.1. The number of hydrogen-bond donors (Lipinski definition) is 3. The van der Waals surface area contributed by atoms with E-state index in [1.54, 1.807) is 13.8 Å². The number of rotatable bonds is 7. The number of aromatic nitrogens is 3. The minimum absolute atomic E-state index is 0.257. The van der Waals surface area contributed by atoms with E-state index in [-0.39, 0.29) is 6.01 Å². The van der Waals surface area contributed by atoms with E-state index in [0.29, 0.717) is 25.0 Å².